The van der Waals surface area contributed by atoms with Crippen molar-refractivity contribution in [3.8, 4) is 22.8 Å². The predicted molar refractivity (Wildman–Crippen MR) is 63.8 cm³/mol. The van der Waals surface area contributed by atoms with Gasteiger partial charge in [0.25, 0.3) is 0 Å². The van der Waals surface area contributed by atoms with Crippen molar-refractivity contribution in [3.63, 3.8) is 0 Å². The van der Waals surface area contributed by atoms with Crippen LogP contribution in [0.4, 0.5) is 0 Å². The Balaban J connectivity index is 2.62. The third-order valence-electron chi connectivity index (χ3n) is 2.57. The molecule has 94 valence electrons. The summed E-state index contributed by atoms with van der Waals surface area (Å²) in [7, 11) is 3.07. The van der Waals surface area contributed by atoms with Gasteiger partial charge in [-0.1, -0.05) is 6.07 Å². The van der Waals surface area contributed by atoms with Gasteiger partial charge in [-0.25, -0.2) is 4.79 Å². The minimum atomic E-state index is -1.10. The number of carboxylic acids is 1. The van der Waals surface area contributed by atoms with Gasteiger partial charge in [0, 0.05) is 12.6 Å². The first kappa shape index (κ1) is 12.0. The number of aromatic carboxylic acids is 1. The van der Waals surface area contributed by atoms with Crippen molar-refractivity contribution in [2.24, 2.45) is 7.05 Å². The van der Waals surface area contributed by atoms with E-state index in [1.165, 1.54) is 23.9 Å². The molecule has 1 heterocycles. The van der Waals surface area contributed by atoms with Crippen LogP contribution in [0.25, 0.3) is 11.3 Å². The van der Waals surface area contributed by atoms with Gasteiger partial charge in [0.2, 0.25) is 0 Å². The number of carboxylic acid groups (broad SMARTS) is 1. The maximum atomic E-state index is 10.9. The summed E-state index contributed by atoms with van der Waals surface area (Å²) in [5, 5.41) is 22.5. The molecule has 2 N–H and O–H groups in total. The zero-order chi connectivity index (χ0) is 13.3. The number of aryl methyl sites for hydroxylation is 1. The number of phenolic OH excluding ortho intramolecular Hbond substituents is 1. The van der Waals surface area contributed by atoms with E-state index in [0.717, 1.165) is 0 Å². The Morgan fingerprint density at radius 1 is 1.44 bits per heavy atom. The molecule has 0 radical (unpaired) electrons. The Kier molecular flexibility index (Phi) is 2.93. The first-order valence-corrected chi connectivity index (χ1v) is 5.18. The third-order valence-corrected chi connectivity index (χ3v) is 2.57. The molecule has 18 heavy (non-hydrogen) atoms. The zero-order valence-corrected chi connectivity index (χ0v) is 9.91. The van der Waals surface area contributed by atoms with Crippen molar-refractivity contribution in [3.05, 3.63) is 30.0 Å². The van der Waals surface area contributed by atoms with Gasteiger partial charge in [-0.05, 0) is 18.2 Å². The van der Waals surface area contributed by atoms with E-state index in [4.69, 9.17) is 9.84 Å². The van der Waals surface area contributed by atoms with Crippen molar-refractivity contribution in [2.75, 3.05) is 7.11 Å². The highest BCUT2D eigenvalue weighted by Gasteiger charge is 2.17. The fraction of sp³-hybridized carbons (Fsp3) is 0.167. The van der Waals surface area contributed by atoms with Gasteiger partial charge in [0.1, 0.15) is 0 Å². The van der Waals surface area contributed by atoms with Gasteiger partial charge in [-0.15, -0.1) is 0 Å². The second kappa shape index (κ2) is 4.40. The van der Waals surface area contributed by atoms with Gasteiger partial charge in [-0.3, -0.25) is 4.68 Å². The van der Waals surface area contributed by atoms with Crippen LogP contribution in [0.3, 0.4) is 0 Å². The molecule has 0 spiro atoms. The van der Waals surface area contributed by atoms with E-state index >= 15 is 0 Å². The smallest absolute Gasteiger partial charge is 0.356 e. The number of aromatic hydroxyl groups is 1. The number of carbonyl (C=O) groups is 1. The maximum absolute atomic E-state index is 10.9. The quantitative estimate of drug-likeness (QED) is 0.859. The average molecular weight is 248 g/mol. The number of ether oxygens (including phenoxy) is 1. The van der Waals surface area contributed by atoms with Crippen LogP contribution in [-0.2, 0) is 7.05 Å². The lowest BCUT2D eigenvalue weighted by Crippen LogP contribution is -1.99. The van der Waals surface area contributed by atoms with Gasteiger partial charge in [0.05, 0.1) is 12.8 Å². The Morgan fingerprint density at radius 3 is 2.72 bits per heavy atom. The summed E-state index contributed by atoms with van der Waals surface area (Å²) in [6, 6.07) is 6.30. The van der Waals surface area contributed by atoms with Gasteiger partial charge in [-0.2, -0.15) is 5.10 Å². The van der Waals surface area contributed by atoms with E-state index in [2.05, 4.69) is 5.10 Å². The molecule has 0 bridgehead atoms. The van der Waals surface area contributed by atoms with Crippen LogP contribution >= 0.6 is 0 Å². The Morgan fingerprint density at radius 2 is 2.17 bits per heavy atom. The number of methoxy groups -OCH3 is 1. The highest BCUT2D eigenvalue weighted by molar-refractivity contribution is 5.87. The lowest BCUT2D eigenvalue weighted by Gasteiger charge is -2.09. The molecule has 0 saturated heterocycles. The highest BCUT2D eigenvalue weighted by atomic mass is 16.5. The number of phenols is 1. The zero-order valence-electron chi connectivity index (χ0n) is 9.91. The first-order chi connectivity index (χ1) is 8.54. The molecule has 2 rings (SSSR count). The normalized spacial score (nSPS) is 10.3. The van der Waals surface area contributed by atoms with Crippen LogP contribution < -0.4 is 4.74 Å². The molecule has 0 aliphatic rings. The number of aromatic nitrogens is 2. The van der Waals surface area contributed by atoms with E-state index in [1.807, 2.05) is 0 Å². The van der Waals surface area contributed by atoms with Crippen molar-refractivity contribution in [2.45, 2.75) is 0 Å². The molecule has 6 heteroatoms. The lowest BCUT2D eigenvalue weighted by molar-refractivity contribution is 0.0689. The molecule has 0 amide bonds. The van der Waals surface area contributed by atoms with Gasteiger partial charge in [0.15, 0.2) is 17.2 Å². The second-order valence-electron chi connectivity index (χ2n) is 3.70. The van der Waals surface area contributed by atoms with Crippen LogP contribution in [0.15, 0.2) is 24.3 Å². The van der Waals surface area contributed by atoms with Crippen molar-refractivity contribution < 1.29 is 19.7 Å². The number of benzene rings is 1. The van der Waals surface area contributed by atoms with Crippen molar-refractivity contribution >= 4 is 5.97 Å². The second-order valence-corrected chi connectivity index (χ2v) is 3.70. The highest BCUT2D eigenvalue weighted by Crippen LogP contribution is 2.36. The molecule has 1 aromatic heterocycles. The molecular weight excluding hydrogens is 236 g/mol. The molecule has 0 aliphatic heterocycles. The van der Waals surface area contributed by atoms with E-state index in [1.54, 1.807) is 19.2 Å². The van der Waals surface area contributed by atoms with Crippen LogP contribution in [0, 0.1) is 0 Å². The number of hydrogen-bond donors (Lipinski definition) is 2. The molecule has 0 saturated carbocycles. The summed E-state index contributed by atoms with van der Waals surface area (Å²) in [5.74, 6) is -0.818. The van der Waals surface area contributed by atoms with Crippen LogP contribution in [-0.4, -0.2) is 33.1 Å². The molecule has 0 atom stereocenters. The van der Waals surface area contributed by atoms with Crippen molar-refractivity contribution in [1.82, 2.24) is 9.78 Å². The fourth-order valence-corrected chi connectivity index (χ4v) is 1.76. The summed E-state index contributed by atoms with van der Waals surface area (Å²) in [6.07, 6.45) is 0. The Labute approximate surface area is 103 Å². The number of hydrogen-bond acceptors (Lipinski definition) is 4. The minimum absolute atomic E-state index is 0.00641. The average Bonchev–Trinajstić information content (AvgIpc) is 2.71. The van der Waals surface area contributed by atoms with E-state index in [0.29, 0.717) is 11.3 Å². The summed E-state index contributed by atoms with van der Waals surface area (Å²) in [4.78, 5) is 10.9. The Hall–Kier alpha value is -2.50. The lowest BCUT2D eigenvalue weighted by atomic mass is 10.1. The third kappa shape index (κ3) is 1.88. The molecule has 2 aromatic rings. The summed E-state index contributed by atoms with van der Waals surface area (Å²) in [6.45, 7) is 0. The standard InChI is InChI=1S/C12H12N2O4/c1-14-9(6-8(13-14)12(16)17)7-4-3-5-10(15)11(7)18-2/h3-6,15H,1-2H3,(H,16,17). The summed E-state index contributed by atoms with van der Waals surface area (Å²) < 4.78 is 6.55. The SMILES string of the molecule is COc1c(O)cccc1-c1cc(C(=O)O)nn1C. The molecule has 0 fully saturated rings. The van der Waals surface area contributed by atoms with Crippen LogP contribution in [0.5, 0.6) is 11.5 Å². The number of para-hydroxylation sites is 1. The van der Waals surface area contributed by atoms with E-state index in [9.17, 15) is 9.90 Å². The molecule has 0 aliphatic carbocycles. The van der Waals surface area contributed by atoms with E-state index < -0.39 is 5.97 Å². The summed E-state index contributed by atoms with van der Waals surface area (Å²) in [5.41, 5.74) is 1.08. The summed E-state index contributed by atoms with van der Waals surface area (Å²) >= 11 is 0. The molecule has 1 aromatic carbocycles. The maximum Gasteiger partial charge on any atom is 0.356 e. The van der Waals surface area contributed by atoms with Gasteiger partial charge < -0.3 is 14.9 Å². The topological polar surface area (TPSA) is 84.6 Å². The molecule has 6 nitrogen and oxygen atoms in total. The minimum Gasteiger partial charge on any atom is -0.504 e. The monoisotopic (exact) mass is 248 g/mol. The fourth-order valence-electron chi connectivity index (χ4n) is 1.76. The molecule has 0 unspecified atom stereocenters. The van der Waals surface area contributed by atoms with E-state index in [-0.39, 0.29) is 17.2 Å². The molecular formula is C12H12N2O4. The first-order valence-electron chi connectivity index (χ1n) is 5.18. The van der Waals surface area contributed by atoms with Gasteiger partial charge >= 0.3 is 5.97 Å². The van der Waals surface area contributed by atoms with Crippen LogP contribution in [0.2, 0.25) is 0 Å². The Bertz CT molecular complexity index is 604. The number of nitrogens with zero attached hydrogens (tertiary/aromatic N) is 2. The van der Waals surface area contributed by atoms with Crippen molar-refractivity contribution in [1.29, 1.82) is 0 Å². The largest absolute Gasteiger partial charge is 0.504 e. The predicted octanol–water partition coefficient (Wildman–Crippen LogP) is 1.50. The number of rotatable bonds is 3. The van der Waals surface area contributed by atoms with Crippen LogP contribution in [0.1, 0.15) is 10.5 Å².